The van der Waals surface area contributed by atoms with E-state index in [-0.39, 0.29) is 11.9 Å². The summed E-state index contributed by atoms with van der Waals surface area (Å²) in [4.78, 5) is 2.32. The van der Waals surface area contributed by atoms with Gasteiger partial charge in [0.25, 0.3) is 0 Å². The van der Waals surface area contributed by atoms with Crippen LogP contribution in [0, 0.1) is 5.82 Å². The van der Waals surface area contributed by atoms with Crippen LogP contribution in [-0.2, 0) is 11.3 Å². The van der Waals surface area contributed by atoms with E-state index in [1.54, 1.807) is 23.1 Å². The van der Waals surface area contributed by atoms with Crippen LogP contribution in [0.4, 0.5) is 4.39 Å². The molecule has 0 saturated carbocycles. The summed E-state index contributed by atoms with van der Waals surface area (Å²) in [6.45, 7) is 3.13. The van der Waals surface area contributed by atoms with Crippen LogP contribution in [0.25, 0.3) is 5.69 Å². The molecule has 1 aliphatic rings. The predicted molar refractivity (Wildman–Crippen MR) is 86.2 cm³/mol. The molecule has 1 atom stereocenters. The average Bonchev–Trinajstić information content (AvgIpc) is 3.28. The van der Waals surface area contributed by atoms with Crippen LogP contribution in [0.1, 0.15) is 17.4 Å². The normalized spacial score (nSPS) is 18.8. The molecule has 0 amide bonds. The fourth-order valence-corrected chi connectivity index (χ4v) is 2.93. The van der Waals surface area contributed by atoms with Gasteiger partial charge < -0.3 is 9.15 Å². The smallest absolute Gasteiger partial charge is 0.133 e. The zero-order valence-electron chi connectivity index (χ0n) is 13.1. The van der Waals surface area contributed by atoms with E-state index in [0.717, 1.165) is 36.6 Å². The highest BCUT2D eigenvalue weighted by atomic mass is 19.1. The van der Waals surface area contributed by atoms with E-state index < -0.39 is 0 Å². The molecular formula is C18H18FN3O2. The maximum atomic E-state index is 13.0. The first-order valence-electron chi connectivity index (χ1n) is 7.95. The number of hydrogen-bond acceptors (Lipinski definition) is 4. The number of benzene rings is 1. The number of ether oxygens (including phenoxy) is 1. The second-order valence-electron chi connectivity index (χ2n) is 5.88. The standard InChI is InChI=1S/C18H18FN3O2/c19-15-3-5-16(6-4-15)22-12-14(10-20-22)11-21-7-9-24-18(13-21)17-2-1-8-23-17/h1-6,8,10,12,18H,7,9,11,13H2/t18-/m0/s1. The summed E-state index contributed by atoms with van der Waals surface area (Å²) in [6, 6.07) is 10.1. The highest BCUT2D eigenvalue weighted by Crippen LogP contribution is 2.23. The predicted octanol–water partition coefficient (Wildman–Crippen LogP) is 3.18. The molecule has 5 nitrogen and oxygen atoms in total. The van der Waals surface area contributed by atoms with E-state index >= 15 is 0 Å². The Morgan fingerprint density at radius 3 is 2.88 bits per heavy atom. The molecule has 0 unspecified atom stereocenters. The van der Waals surface area contributed by atoms with Gasteiger partial charge >= 0.3 is 0 Å². The number of hydrogen-bond donors (Lipinski definition) is 0. The molecule has 24 heavy (non-hydrogen) atoms. The van der Waals surface area contributed by atoms with Crippen molar-refractivity contribution in [2.45, 2.75) is 12.6 Å². The SMILES string of the molecule is Fc1ccc(-n2cc(CN3CCO[C@H](c4ccco4)C3)cn2)cc1. The van der Waals surface area contributed by atoms with E-state index in [1.165, 1.54) is 12.1 Å². The molecule has 0 radical (unpaired) electrons. The fraction of sp³-hybridized carbons (Fsp3) is 0.278. The summed E-state index contributed by atoms with van der Waals surface area (Å²) in [5.41, 5.74) is 1.96. The molecule has 0 aliphatic carbocycles. The lowest BCUT2D eigenvalue weighted by atomic mass is 10.2. The first-order chi connectivity index (χ1) is 11.8. The van der Waals surface area contributed by atoms with Gasteiger partial charge in [0, 0.05) is 31.4 Å². The van der Waals surface area contributed by atoms with Gasteiger partial charge in [-0.25, -0.2) is 9.07 Å². The van der Waals surface area contributed by atoms with Crippen molar-refractivity contribution in [3.05, 3.63) is 72.2 Å². The summed E-state index contributed by atoms with van der Waals surface area (Å²) < 4.78 is 26.0. The van der Waals surface area contributed by atoms with Gasteiger partial charge in [0.2, 0.25) is 0 Å². The largest absolute Gasteiger partial charge is 0.467 e. The zero-order chi connectivity index (χ0) is 16.4. The summed E-state index contributed by atoms with van der Waals surface area (Å²) in [5.74, 6) is 0.616. The summed E-state index contributed by atoms with van der Waals surface area (Å²) in [7, 11) is 0. The molecule has 2 aromatic heterocycles. The summed E-state index contributed by atoms with van der Waals surface area (Å²) in [5, 5.41) is 4.37. The highest BCUT2D eigenvalue weighted by Gasteiger charge is 2.24. The Balaban J connectivity index is 1.43. The number of nitrogens with zero attached hydrogens (tertiary/aromatic N) is 3. The Morgan fingerprint density at radius 1 is 1.21 bits per heavy atom. The van der Waals surface area contributed by atoms with Crippen LogP contribution in [0.15, 0.2) is 59.5 Å². The van der Waals surface area contributed by atoms with E-state index in [2.05, 4.69) is 10.00 Å². The summed E-state index contributed by atoms with van der Waals surface area (Å²) in [6.07, 6.45) is 5.47. The van der Waals surface area contributed by atoms with Crippen molar-refractivity contribution in [3.8, 4) is 5.69 Å². The minimum atomic E-state index is -0.247. The van der Waals surface area contributed by atoms with E-state index in [1.807, 2.05) is 24.5 Å². The van der Waals surface area contributed by atoms with Crippen molar-refractivity contribution in [1.82, 2.24) is 14.7 Å². The maximum Gasteiger partial charge on any atom is 0.133 e. The number of rotatable bonds is 4. The molecule has 3 heterocycles. The Kier molecular flexibility index (Phi) is 4.15. The van der Waals surface area contributed by atoms with Gasteiger partial charge in [-0.05, 0) is 36.4 Å². The quantitative estimate of drug-likeness (QED) is 0.738. The molecule has 6 heteroatoms. The van der Waals surface area contributed by atoms with Crippen LogP contribution in [0.2, 0.25) is 0 Å². The zero-order valence-corrected chi connectivity index (χ0v) is 13.1. The molecule has 1 saturated heterocycles. The van der Waals surface area contributed by atoms with Gasteiger partial charge in [0.05, 0.1) is 24.8 Å². The third-order valence-electron chi connectivity index (χ3n) is 4.14. The Bertz CT molecular complexity index is 783. The molecule has 1 fully saturated rings. The van der Waals surface area contributed by atoms with Crippen molar-refractivity contribution < 1.29 is 13.5 Å². The van der Waals surface area contributed by atoms with Crippen LogP contribution in [0.3, 0.4) is 0 Å². The lowest BCUT2D eigenvalue weighted by Gasteiger charge is -2.31. The molecule has 124 valence electrons. The van der Waals surface area contributed by atoms with Crippen LogP contribution < -0.4 is 0 Å². The Morgan fingerprint density at radius 2 is 2.08 bits per heavy atom. The van der Waals surface area contributed by atoms with Gasteiger partial charge in [-0.2, -0.15) is 5.10 Å². The van der Waals surface area contributed by atoms with Crippen LogP contribution >= 0.6 is 0 Å². The summed E-state index contributed by atoms with van der Waals surface area (Å²) >= 11 is 0. The number of morpholine rings is 1. The van der Waals surface area contributed by atoms with Crippen molar-refractivity contribution in [2.24, 2.45) is 0 Å². The molecular weight excluding hydrogens is 309 g/mol. The lowest BCUT2D eigenvalue weighted by molar-refractivity contribution is -0.0427. The first kappa shape index (κ1) is 15.1. The fourth-order valence-electron chi connectivity index (χ4n) is 2.93. The van der Waals surface area contributed by atoms with Crippen molar-refractivity contribution >= 4 is 0 Å². The highest BCUT2D eigenvalue weighted by molar-refractivity contribution is 5.31. The van der Waals surface area contributed by atoms with Gasteiger partial charge in [0.15, 0.2) is 0 Å². The monoisotopic (exact) mass is 327 g/mol. The maximum absolute atomic E-state index is 13.0. The van der Waals surface area contributed by atoms with Crippen molar-refractivity contribution in [3.63, 3.8) is 0 Å². The first-order valence-corrected chi connectivity index (χ1v) is 7.95. The second-order valence-corrected chi connectivity index (χ2v) is 5.88. The number of furan rings is 1. The van der Waals surface area contributed by atoms with Gasteiger partial charge in [0.1, 0.15) is 17.7 Å². The second kappa shape index (κ2) is 6.59. The van der Waals surface area contributed by atoms with Crippen molar-refractivity contribution in [1.29, 1.82) is 0 Å². The molecule has 0 spiro atoms. The van der Waals surface area contributed by atoms with Gasteiger partial charge in [-0.15, -0.1) is 0 Å². The Hall–Kier alpha value is -2.44. The van der Waals surface area contributed by atoms with E-state index in [4.69, 9.17) is 9.15 Å². The van der Waals surface area contributed by atoms with Crippen molar-refractivity contribution in [2.75, 3.05) is 19.7 Å². The molecule has 1 aliphatic heterocycles. The minimum Gasteiger partial charge on any atom is -0.467 e. The Labute approximate surface area is 139 Å². The molecule has 3 aromatic rings. The third-order valence-corrected chi connectivity index (χ3v) is 4.14. The average molecular weight is 327 g/mol. The number of halogens is 1. The van der Waals surface area contributed by atoms with Gasteiger partial charge in [-0.1, -0.05) is 0 Å². The van der Waals surface area contributed by atoms with E-state index in [9.17, 15) is 4.39 Å². The molecule has 1 aromatic carbocycles. The lowest BCUT2D eigenvalue weighted by Crippen LogP contribution is -2.37. The molecule has 0 N–H and O–H groups in total. The van der Waals surface area contributed by atoms with E-state index in [0.29, 0.717) is 6.61 Å². The third kappa shape index (κ3) is 3.25. The number of aromatic nitrogens is 2. The van der Waals surface area contributed by atoms with Crippen LogP contribution in [-0.4, -0.2) is 34.4 Å². The van der Waals surface area contributed by atoms with Gasteiger partial charge in [-0.3, -0.25) is 4.90 Å². The molecule has 4 rings (SSSR count). The van der Waals surface area contributed by atoms with Crippen LogP contribution in [0.5, 0.6) is 0 Å². The minimum absolute atomic E-state index is 0.0270. The topological polar surface area (TPSA) is 43.4 Å². The molecule has 0 bridgehead atoms.